The molecule has 0 unspecified atom stereocenters. The minimum atomic E-state index is -0.619. The highest BCUT2D eigenvalue weighted by Crippen LogP contribution is 2.22. The number of aliphatic hydroxyl groups is 1. The summed E-state index contributed by atoms with van der Waals surface area (Å²) in [6.07, 6.45) is -0.214. The van der Waals surface area contributed by atoms with Gasteiger partial charge in [-0.25, -0.2) is 0 Å². The number of carbonyl (C=O) groups excluding carboxylic acids is 2. The second-order valence-electron chi connectivity index (χ2n) is 6.23. The van der Waals surface area contributed by atoms with Gasteiger partial charge in [0.1, 0.15) is 0 Å². The first-order chi connectivity index (χ1) is 12.4. The Kier molecular flexibility index (Phi) is 5.81. The highest BCUT2D eigenvalue weighted by atomic mass is 35.5. The third kappa shape index (κ3) is 4.36. The number of rotatable bonds is 4. The first kappa shape index (κ1) is 18.7. The van der Waals surface area contributed by atoms with E-state index in [1.807, 2.05) is 0 Å². The molecule has 2 aromatic carbocycles. The van der Waals surface area contributed by atoms with E-state index in [2.05, 4.69) is 5.32 Å². The van der Waals surface area contributed by atoms with Crippen LogP contribution in [0.5, 0.6) is 0 Å². The Hall–Kier alpha value is -2.08. The van der Waals surface area contributed by atoms with Crippen molar-refractivity contribution in [2.75, 3.05) is 13.1 Å². The quantitative estimate of drug-likeness (QED) is 0.839. The number of nitrogens with zero attached hydrogens (tertiary/aromatic N) is 1. The molecule has 1 fully saturated rings. The highest BCUT2D eigenvalue weighted by molar-refractivity contribution is 6.31. The zero-order valence-electron chi connectivity index (χ0n) is 13.9. The molecule has 0 saturated carbocycles. The monoisotopic (exact) mass is 392 g/mol. The van der Waals surface area contributed by atoms with Crippen molar-refractivity contribution in [2.45, 2.75) is 18.6 Å². The molecule has 0 bridgehead atoms. The molecule has 0 radical (unpaired) electrons. The molecule has 1 aliphatic heterocycles. The van der Waals surface area contributed by atoms with Crippen LogP contribution < -0.4 is 5.32 Å². The smallest absolute Gasteiger partial charge is 0.254 e. The standard InChI is InChI=1S/C19H18Cl2N2O3/c20-14-5-1-3-12(7-14)18(25)22-10-16-9-17(24)11-23(16)19(26)13-4-2-6-15(21)8-13/h1-8,16-17,24H,9-11H2,(H,22,25)/t16-,17+/m0/s1. The van der Waals surface area contributed by atoms with Gasteiger partial charge < -0.3 is 15.3 Å². The van der Waals surface area contributed by atoms with Crippen LogP contribution in [0.25, 0.3) is 0 Å². The summed E-state index contributed by atoms with van der Waals surface area (Å²) in [4.78, 5) is 26.6. The molecule has 0 aliphatic carbocycles. The summed E-state index contributed by atoms with van der Waals surface area (Å²) in [5.41, 5.74) is 0.904. The molecule has 1 heterocycles. The Morgan fingerprint density at radius 1 is 1.08 bits per heavy atom. The van der Waals surface area contributed by atoms with E-state index in [1.54, 1.807) is 53.4 Å². The molecular weight excluding hydrogens is 375 g/mol. The molecule has 2 atom stereocenters. The van der Waals surface area contributed by atoms with Crippen LogP contribution in [0.4, 0.5) is 0 Å². The first-order valence-electron chi connectivity index (χ1n) is 8.22. The van der Waals surface area contributed by atoms with Crippen LogP contribution in [0, 0.1) is 0 Å². The van der Waals surface area contributed by atoms with Crippen LogP contribution in [0.15, 0.2) is 48.5 Å². The Morgan fingerprint density at radius 3 is 2.35 bits per heavy atom. The number of halogens is 2. The normalized spacial score (nSPS) is 19.4. The Morgan fingerprint density at radius 2 is 1.69 bits per heavy atom. The molecular formula is C19H18Cl2N2O3. The van der Waals surface area contributed by atoms with E-state index < -0.39 is 6.10 Å². The maximum atomic E-state index is 12.7. The average Bonchev–Trinajstić information content (AvgIpc) is 2.99. The number of β-amino-alcohol motifs (C(OH)–C–C–N with tert-alkyl or cyclic N) is 1. The van der Waals surface area contributed by atoms with Crippen LogP contribution in [-0.4, -0.2) is 47.1 Å². The largest absolute Gasteiger partial charge is 0.391 e. The summed E-state index contributed by atoms with van der Waals surface area (Å²) < 4.78 is 0. The molecule has 2 amide bonds. The minimum Gasteiger partial charge on any atom is -0.391 e. The Balaban J connectivity index is 1.68. The van der Waals surface area contributed by atoms with Gasteiger partial charge >= 0.3 is 0 Å². The number of hydrogen-bond donors (Lipinski definition) is 2. The number of nitrogens with one attached hydrogen (secondary N) is 1. The van der Waals surface area contributed by atoms with Gasteiger partial charge in [-0.15, -0.1) is 0 Å². The Labute approximate surface area is 161 Å². The maximum Gasteiger partial charge on any atom is 0.254 e. The molecule has 1 aliphatic rings. The van der Waals surface area contributed by atoms with Gasteiger partial charge in [0.15, 0.2) is 0 Å². The maximum absolute atomic E-state index is 12.7. The van der Waals surface area contributed by atoms with E-state index in [-0.39, 0.29) is 30.9 Å². The van der Waals surface area contributed by atoms with Crippen molar-refractivity contribution in [1.82, 2.24) is 10.2 Å². The van der Waals surface area contributed by atoms with Crippen molar-refractivity contribution in [2.24, 2.45) is 0 Å². The zero-order valence-corrected chi connectivity index (χ0v) is 15.4. The SMILES string of the molecule is O=C(NC[C@@H]1C[C@@H](O)CN1C(=O)c1cccc(Cl)c1)c1cccc(Cl)c1. The summed E-state index contributed by atoms with van der Waals surface area (Å²) in [6, 6.07) is 13.0. The van der Waals surface area contributed by atoms with Crippen molar-refractivity contribution in [3.05, 3.63) is 69.7 Å². The lowest BCUT2D eigenvalue weighted by Crippen LogP contribution is -2.43. The van der Waals surface area contributed by atoms with E-state index in [0.717, 1.165) is 0 Å². The van der Waals surface area contributed by atoms with Gasteiger partial charge in [-0.2, -0.15) is 0 Å². The third-order valence-corrected chi connectivity index (χ3v) is 4.78. The van der Waals surface area contributed by atoms with Gasteiger partial charge in [-0.3, -0.25) is 9.59 Å². The third-order valence-electron chi connectivity index (χ3n) is 4.31. The number of carbonyl (C=O) groups is 2. The lowest BCUT2D eigenvalue weighted by Gasteiger charge is -2.25. The van der Waals surface area contributed by atoms with Gasteiger partial charge in [0, 0.05) is 34.3 Å². The number of aliphatic hydroxyl groups excluding tert-OH is 1. The number of hydrogen-bond acceptors (Lipinski definition) is 3. The summed E-state index contributed by atoms with van der Waals surface area (Å²) in [5.74, 6) is -0.491. The molecule has 5 nitrogen and oxygen atoms in total. The van der Waals surface area contributed by atoms with E-state index in [4.69, 9.17) is 23.2 Å². The summed E-state index contributed by atoms with van der Waals surface area (Å²) in [5, 5.41) is 13.7. The topological polar surface area (TPSA) is 69.6 Å². The molecule has 2 aromatic rings. The fraction of sp³-hybridized carbons (Fsp3) is 0.263. The lowest BCUT2D eigenvalue weighted by atomic mass is 10.1. The number of amides is 2. The van der Waals surface area contributed by atoms with Gasteiger partial charge in [-0.1, -0.05) is 35.3 Å². The molecule has 7 heteroatoms. The predicted molar refractivity (Wildman–Crippen MR) is 101 cm³/mol. The van der Waals surface area contributed by atoms with Gasteiger partial charge in [-0.05, 0) is 42.8 Å². The molecule has 2 N–H and O–H groups in total. The fourth-order valence-corrected chi connectivity index (χ4v) is 3.44. The van der Waals surface area contributed by atoms with Crippen LogP contribution in [0.2, 0.25) is 10.0 Å². The second kappa shape index (κ2) is 8.08. The summed E-state index contributed by atoms with van der Waals surface area (Å²) >= 11 is 11.9. The number of benzene rings is 2. The van der Waals surface area contributed by atoms with Crippen LogP contribution >= 0.6 is 23.2 Å². The fourth-order valence-electron chi connectivity index (χ4n) is 3.06. The van der Waals surface area contributed by atoms with Crippen LogP contribution in [0.3, 0.4) is 0 Å². The summed E-state index contributed by atoms with van der Waals surface area (Å²) in [6.45, 7) is 0.470. The molecule has 0 aromatic heterocycles. The van der Waals surface area contributed by atoms with Crippen molar-refractivity contribution in [3.63, 3.8) is 0 Å². The average molecular weight is 393 g/mol. The van der Waals surface area contributed by atoms with Crippen molar-refractivity contribution in [1.29, 1.82) is 0 Å². The zero-order chi connectivity index (χ0) is 18.7. The predicted octanol–water partition coefficient (Wildman–Crippen LogP) is 3.00. The van der Waals surface area contributed by atoms with Gasteiger partial charge in [0.25, 0.3) is 11.8 Å². The molecule has 136 valence electrons. The summed E-state index contributed by atoms with van der Waals surface area (Å²) in [7, 11) is 0. The van der Waals surface area contributed by atoms with E-state index >= 15 is 0 Å². The van der Waals surface area contributed by atoms with Gasteiger partial charge in [0.05, 0.1) is 12.1 Å². The molecule has 3 rings (SSSR count). The van der Waals surface area contributed by atoms with Crippen molar-refractivity contribution >= 4 is 35.0 Å². The molecule has 26 heavy (non-hydrogen) atoms. The van der Waals surface area contributed by atoms with Crippen molar-refractivity contribution < 1.29 is 14.7 Å². The van der Waals surface area contributed by atoms with Crippen molar-refractivity contribution in [3.8, 4) is 0 Å². The second-order valence-corrected chi connectivity index (χ2v) is 7.10. The molecule has 0 spiro atoms. The first-order valence-corrected chi connectivity index (χ1v) is 8.98. The lowest BCUT2D eigenvalue weighted by molar-refractivity contribution is 0.0707. The van der Waals surface area contributed by atoms with Crippen LogP contribution in [-0.2, 0) is 0 Å². The van der Waals surface area contributed by atoms with Gasteiger partial charge in [0.2, 0.25) is 0 Å². The molecule has 1 saturated heterocycles. The van der Waals surface area contributed by atoms with E-state index in [0.29, 0.717) is 27.6 Å². The number of likely N-dealkylation sites (tertiary alicyclic amines) is 1. The van der Waals surface area contributed by atoms with E-state index in [9.17, 15) is 14.7 Å². The van der Waals surface area contributed by atoms with Crippen LogP contribution in [0.1, 0.15) is 27.1 Å². The highest BCUT2D eigenvalue weighted by Gasteiger charge is 2.35. The minimum absolute atomic E-state index is 0.217. The van der Waals surface area contributed by atoms with E-state index in [1.165, 1.54) is 0 Å². The Bertz CT molecular complexity index is 828.